The van der Waals surface area contributed by atoms with E-state index < -0.39 is 5.97 Å². The average molecular weight is 215 g/mol. The number of carboxylic acid groups (broad SMARTS) is 1. The fourth-order valence-electron chi connectivity index (χ4n) is 2.18. The van der Waals surface area contributed by atoms with Crippen molar-refractivity contribution >= 4 is 16.9 Å². The Morgan fingerprint density at radius 2 is 1.94 bits per heavy atom. The molecule has 1 heterocycles. The van der Waals surface area contributed by atoms with Gasteiger partial charge in [0.15, 0.2) is 0 Å². The smallest absolute Gasteiger partial charge is 0.337 e. The number of carboxylic acids is 1. The summed E-state index contributed by atoms with van der Waals surface area (Å²) in [7, 11) is 0. The van der Waals surface area contributed by atoms with E-state index >= 15 is 0 Å². The Morgan fingerprint density at radius 1 is 1.25 bits per heavy atom. The van der Waals surface area contributed by atoms with E-state index in [0.29, 0.717) is 11.3 Å². The van der Waals surface area contributed by atoms with Crippen LogP contribution in [0, 0.1) is 20.8 Å². The normalized spacial score (nSPS) is 10.7. The van der Waals surface area contributed by atoms with Gasteiger partial charge in [0.25, 0.3) is 0 Å². The van der Waals surface area contributed by atoms with Crippen molar-refractivity contribution in [2.75, 3.05) is 0 Å². The number of benzene rings is 1. The first-order valence-electron chi connectivity index (χ1n) is 5.12. The molecule has 0 saturated heterocycles. The van der Waals surface area contributed by atoms with Gasteiger partial charge in [-0.25, -0.2) is 4.79 Å². The zero-order valence-corrected chi connectivity index (χ0v) is 9.53. The third-order valence-electron chi connectivity index (χ3n) is 2.86. The van der Waals surface area contributed by atoms with Crippen LogP contribution in [0.5, 0.6) is 0 Å². The molecule has 0 unspecified atom stereocenters. The maximum atomic E-state index is 11.2. The SMILES string of the molecule is Cc1nc2cccc(C)c2c(C)c1C(=O)O. The zero-order chi connectivity index (χ0) is 11.9. The second kappa shape index (κ2) is 3.59. The van der Waals surface area contributed by atoms with Crippen LogP contribution in [-0.4, -0.2) is 16.1 Å². The quantitative estimate of drug-likeness (QED) is 0.795. The van der Waals surface area contributed by atoms with Gasteiger partial charge < -0.3 is 5.11 Å². The minimum Gasteiger partial charge on any atom is -0.478 e. The third kappa shape index (κ3) is 1.45. The van der Waals surface area contributed by atoms with Crippen LogP contribution in [0.4, 0.5) is 0 Å². The molecule has 0 amide bonds. The van der Waals surface area contributed by atoms with Crippen molar-refractivity contribution in [2.24, 2.45) is 0 Å². The van der Waals surface area contributed by atoms with Crippen molar-refractivity contribution in [1.29, 1.82) is 0 Å². The molecule has 0 aliphatic carbocycles. The molecular formula is C13H13NO2. The number of pyridine rings is 1. The zero-order valence-electron chi connectivity index (χ0n) is 9.53. The van der Waals surface area contributed by atoms with E-state index in [0.717, 1.165) is 22.0 Å². The number of hydrogen-bond acceptors (Lipinski definition) is 2. The van der Waals surface area contributed by atoms with Gasteiger partial charge in [-0.05, 0) is 38.0 Å². The highest BCUT2D eigenvalue weighted by atomic mass is 16.4. The van der Waals surface area contributed by atoms with Crippen LogP contribution in [0.1, 0.15) is 27.2 Å². The summed E-state index contributed by atoms with van der Waals surface area (Å²) in [5.74, 6) is -0.910. The van der Waals surface area contributed by atoms with Gasteiger partial charge in [0, 0.05) is 5.39 Å². The Labute approximate surface area is 93.7 Å². The van der Waals surface area contributed by atoms with Crippen LogP contribution in [0.3, 0.4) is 0 Å². The van der Waals surface area contributed by atoms with Gasteiger partial charge in [-0.2, -0.15) is 0 Å². The minimum atomic E-state index is -0.910. The van der Waals surface area contributed by atoms with Crippen LogP contribution >= 0.6 is 0 Å². The van der Waals surface area contributed by atoms with E-state index in [1.165, 1.54) is 0 Å². The standard InChI is InChI=1S/C13H13NO2/c1-7-5-4-6-10-11(7)8(2)12(13(15)16)9(3)14-10/h4-6H,1-3H3,(H,15,16). The van der Waals surface area contributed by atoms with Gasteiger partial charge in [0.2, 0.25) is 0 Å². The largest absolute Gasteiger partial charge is 0.478 e. The maximum Gasteiger partial charge on any atom is 0.337 e. The summed E-state index contributed by atoms with van der Waals surface area (Å²) in [4.78, 5) is 15.5. The first kappa shape index (κ1) is 10.6. The van der Waals surface area contributed by atoms with Crippen LogP contribution in [0.2, 0.25) is 0 Å². The Balaban J connectivity index is 2.96. The molecule has 0 radical (unpaired) electrons. The molecule has 3 nitrogen and oxygen atoms in total. The number of aromatic carboxylic acids is 1. The second-order valence-electron chi connectivity index (χ2n) is 3.97. The van der Waals surface area contributed by atoms with Crippen LogP contribution in [0.15, 0.2) is 18.2 Å². The predicted octanol–water partition coefficient (Wildman–Crippen LogP) is 2.86. The lowest BCUT2D eigenvalue weighted by Gasteiger charge is -2.10. The summed E-state index contributed by atoms with van der Waals surface area (Å²) in [6.07, 6.45) is 0. The number of fused-ring (bicyclic) bond motifs is 1. The monoisotopic (exact) mass is 215 g/mol. The van der Waals surface area contributed by atoms with Crippen molar-refractivity contribution in [3.63, 3.8) is 0 Å². The molecule has 1 aromatic heterocycles. The Bertz CT molecular complexity index is 588. The molecule has 0 atom stereocenters. The molecule has 16 heavy (non-hydrogen) atoms. The van der Waals surface area contributed by atoms with Crippen molar-refractivity contribution in [2.45, 2.75) is 20.8 Å². The second-order valence-corrected chi connectivity index (χ2v) is 3.97. The van der Waals surface area contributed by atoms with Gasteiger partial charge in [-0.15, -0.1) is 0 Å². The lowest BCUT2D eigenvalue weighted by Crippen LogP contribution is -2.06. The molecule has 1 aromatic carbocycles. The summed E-state index contributed by atoms with van der Waals surface area (Å²) in [6, 6.07) is 5.82. The van der Waals surface area contributed by atoms with Gasteiger partial charge in [0.1, 0.15) is 0 Å². The van der Waals surface area contributed by atoms with Gasteiger partial charge in [-0.3, -0.25) is 4.98 Å². The summed E-state index contributed by atoms with van der Waals surface area (Å²) in [5.41, 5.74) is 3.61. The molecule has 3 heteroatoms. The van der Waals surface area contributed by atoms with E-state index in [9.17, 15) is 4.79 Å². The first-order chi connectivity index (χ1) is 7.52. The molecule has 2 rings (SSSR count). The molecule has 0 aliphatic heterocycles. The fourth-order valence-corrected chi connectivity index (χ4v) is 2.18. The summed E-state index contributed by atoms with van der Waals surface area (Å²) in [6.45, 7) is 5.55. The Kier molecular flexibility index (Phi) is 2.38. The highest BCUT2D eigenvalue weighted by molar-refractivity contribution is 5.98. The molecule has 0 fully saturated rings. The van der Waals surface area contributed by atoms with E-state index in [1.54, 1.807) is 6.92 Å². The van der Waals surface area contributed by atoms with Gasteiger partial charge >= 0.3 is 5.97 Å². The lowest BCUT2D eigenvalue weighted by molar-refractivity contribution is 0.0695. The van der Waals surface area contributed by atoms with Crippen LogP contribution in [0.25, 0.3) is 10.9 Å². The summed E-state index contributed by atoms with van der Waals surface area (Å²) in [5, 5.41) is 10.1. The molecule has 0 aliphatic rings. The average Bonchev–Trinajstić information content (AvgIpc) is 2.15. The molecular weight excluding hydrogens is 202 g/mol. The number of carbonyl (C=O) groups is 1. The highest BCUT2D eigenvalue weighted by Crippen LogP contribution is 2.25. The Hall–Kier alpha value is -1.90. The van der Waals surface area contributed by atoms with Gasteiger partial charge in [0.05, 0.1) is 16.8 Å². The van der Waals surface area contributed by atoms with E-state index in [1.807, 2.05) is 32.0 Å². The summed E-state index contributed by atoms with van der Waals surface area (Å²) >= 11 is 0. The van der Waals surface area contributed by atoms with Crippen molar-refractivity contribution in [3.05, 3.63) is 40.6 Å². The topological polar surface area (TPSA) is 50.2 Å². The number of nitrogens with zero attached hydrogens (tertiary/aromatic N) is 1. The summed E-state index contributed by atoms with van der Waals surface area (Å²) < 4.78 is 0. The predicted molar refractivity (Wildman–Crippen MR) is 62.9 cm³/mol. The highest BCUT2D eigenvalue weighted by Gasteiger charge is 2.15. The third-order valence-corrected chi connectivity index (χ3v) is 2.86. The fraction of sp³-hybridized carbons (Fsp3) is 0.231. The van der Waals surface area contributed by atoms with E-state index in [4.69, 9.17) is 5.11 Å². The number of aromatic nitrogens is 1. The molecule has 0 saturated carbocycles. The number of hydrogen-bond donors (Lipinski definition) is 1. The maximum absolute atomic E-state index is 11.2. The van der Waals surface area contributed by atoms with Gasteiger partial charge in [-0.1, -0.05) is 12.1 Å². The Morgan fingerprint density at radius 3 is 2.56 bits per heavy atom. The number of aryl methyl sites for hydroxylation is 3. The lowest BCUT2D eigenvalue weighted by atomic mass is 9.99. The molecule has 1 N–H and O–H groups in total. The molecule has 0 spiro atoms. The minimum absolute atomic E-state index is 0.321. The first-order valence-corrected chi connectivity index (χ1v) is 5.12. The van der Waals surface area contributed by atoms with Crippen LogP contribution in [-0.2, 0) is 0 Å². The molecule has 82 valence electrons. The van der Waals surface area contributed by atoms with Crippen LogP contribution < -0.4 is 0 Å². The van der Waals surface area contributed by atoms with Crippen molar-refractivity contribution < 1.29 is 9.90 Å². The molecule has 0 bridgehead atoms. The van der Waals surface area contributed by atoms with Crippen molar-refractivity contribution in [1.82, 2.24) is 4.98 Å². The van der Waals surface area contributed by atoms with E-state index in [2.05, 4.69) is 4.98 Å². The number of rotatable bonds is 1. The molecule has 2 aromatic rings. The van der Waals surface area contributed by atoms with E-state index in [-0.39, 0.29) is 0 Å². The van der Waals surface area contributed by atoms with Crippen molar-refractivity contribution in [3.8, 4) is 0 Å².